The molecule has 10 heteroatoms. The Hall–Kier alpha value is -4.06. The van der Waals surface area contributed by atoms with Crippen molar-refractivity contribution in [1.82, 2.24) is 9.55 Å². The van der Waals surface area contributed by atoms with Crippen molar-refractivity contribution >= 4 is 57.7 Å². The van der Waals surface area contributed by atoms with Crippen LogP contribution in [-0.4, -0.2) is 26.5 Å². The normalized spacial score (nSPS) is 10.7. The zero-order valence-electron chi connectivity index (χ0n) is 16.1. The summed E-state index contributed by atoms with van der Waals surface area (Å²) in [6.07, 6.45) is 0. The highest BCUT2D eigenvalue weighted by molar-refractivity contribution is 6.39. The Kier molecular flexibility index (Phi) is 5.45. The average Bonchev–Trinajstić information content (AvgIpc) is 3.12. The standard InChI is InChI=1S/C22H13Cl2N5O3/c23-14-2-1-3-15(24)19(14)28-22-27-16-9-12(21(31)32)5-7-18(16)29(22)17-6-4-11(20(26)30)8-13(17)10-25/h1-9H,(H2,26,30)(H,27,28)(H,31,32). The molecular formula is C22H13Cl2N5O3. The molecule has 4 aromatic rings. The first-order chi connectivity index (χ1) is 15.3. The summed E-state index contributed by atoms with van der Waals surface area (Å²) in [5.74, 6) is -1.54. The van der Waals surface area contributed by atoms with Gasteiger partial charge >= 0.3 is 5.97 Å². The molecule has 0 bridgehead atoms. The number of anilines is 2. The van der Waals surface area contributed by atoms with Gasteiger partial charge in [-0.25, -0.2) is 9.78 Å². The summed E-state index contributed by atoms with van der Waals surface area (Å²) in [5, 5.41) is 22.8. The van der Waals surface area contributed by atoms with Gasteiger partial charge in [0.05, 0.1) is 43.6 Å². The van der Waals surface area contributed by atoms with E-state index in [2.05, 4.69) is 16.4 Å². The topological polar surface area (TPSA) is 134 Å². The number of carbonyl (C=O) groups excluding carboxylic acids is 1. The van der Waals surface area contributed by atoms with Gasteiger partial charge in [-0.15, -0.1) is 0 Å². The number of hydrogen-bond donors (Lipinski definition) is 3. The molecule has 32 heavy (non-hydrogen) atoms. The molecule has 0 aliphatic rings. The van der Waals surface area contributed by atoms with Crippen LogP contribution in [0, 0.1) is 11.3 Å². The van der Waals surface area contributed by atoms with E-state index in [4.69, 9.17) is 28.9 Å². The van der Waals surface area contributed by atoms with Gasteiger partial charge < -0.3 is 16.2 Å². The lowest BCUT2D eigenvalue weighted by atomic mass is 10.1. The van der Waals surface area contributed by atoms with E-state index in [1.165, 1.54) is 24.3 Å². The van der Waals surface area contributed by atoms with Gasteiger partial charge in [-0.2, -0.15) is 5.26 Å². The van der Waals surface area contributed by atoms with Crippen LogP contribution in [0.15, 0.2) is 54.6 Å². The van der Waals surface area contributed by atoms with E-state index in [1.807, 2.05) is 0 Å². The van der Waals surface area contributed by atoms with Crippen LogP contribution in [-0.2, 0) is 0 Å². The van der Waals surface area contributed by atoms with Crippen LogP contribution in [0.25, 0.3) is 16.7 Å². The summed E-state index contributed by atoms with van der Waals surface area (Å²) in [5.41, 5.74) is 7.39. The Labute approximate surface area is 191 Å². The number of primary amides is 1. The van der Waals surface area contributed by atoms with Gasteiger partial charge in [-0.3, -0.25) is 9.36 Å². The minimum Gasteiger partial charge on any atom is -0.478 e. The molecule has 8 nitrogen and oxygen atoms in total. The molecule has 0 saturated carbocycles. The van der Waals surface area contributed by atoms with Crippen LogP contribution in [0.2, 0.25) is 10.0 Å². The molecule has 0 spiro atoms. The number of aromatic nitrogens is 2. The lowest BCUT2D eigenvalue weighted by Gasteiger charge is -2.14. The molecule has 0 saturated heterocycles. The van der Waals surface area contributed by atoms with Crippen LogP contribution in [0.5, 0.6) is 0 Å². The van der Waals surface area contributed by atoms with Gasteiger partial charge in [-0.1, -0.05) is 29.3 Å². The molecule has 0 aliphatic carbocycles. The fourth-order valence-electron chi connectivity index (χ4n) is 3.24. The Morgan fingerprint density at radius 3 is 2.38 bits per heavy atom. The number of halogens is 2. The van der Waals surface area contributed by atoms with Crippen molar-refractivity contribution < 1.29 is 14.7 Å². The predicted molar refractivity (Wildman–Crippen MR) is 121 cm³/mol. The van der Waals surface area contributed by atoms with Crippen LogP contribution >= 0.6 is 23.2 Å². The Morgan fingerprint density at radius 1 is 1.06 bits per heavy atom. The minimum absolute atomic E-state index is 0.0501. The van der Waals surface area contributed by atoms with E-state index >= 15 is 0 Å². The molecule has 4 rings (SSSR count). The van der Waals surface area contributed by atoms with Crippen LogP contribution in [0.4, 0.5) is 11.6 Å². The predicted octanol–water partition coefficient (Wildman–Crippen LogP) is 4.74. The van der Waals surface area contributed by atoms with Crippen LogP contribution in [0.1, 0.15) is 26.3 Å². The molecule has 0 fully saturated rings. The molecule has 0 atom stereocenters. The zero-order valence-corrected chi connectivity index (χ0v) is 17.6. The molecule has 1 heterocycles. The quantitative estimate of drug-likeness (QED) is 0.389. The first-order valence-electron chi connectivity index (χ1n) is 9.11. The maximum absolute atomic E-state index is 11.6. The number of hydrogen-bond acceptors (Lipinski definition) is 5. The van der Waals surface area contributed by atoms with Crippen molar-refractivity contribution in [3.05, 3.63) is 81.3 Å². The second-order valence-electron chi connectivity index (χ2n) is 6.71. The number of amides is 1. The van der Waals surface area contributed by atoms with E-state index in [-0.39, 0.29) is 22.6 Å². The average molecular weight is 466 g/mol. The third kappa shape index (κ3) is 3.71. The molecule has 0 aliphatic heterocycles. The lowest BCUT2D eigenvalue weighted by Crippen LogP contribution is -2.12. The van der Waals surface area contributed by atoms with Gasteiger partial charge in [0.2, 0.25) is 11.9 Å². The number of carboxylic acids is 1. The summed E-state index contributed by atoms with van der Waals surface area (Å²) < 4.78 is 1.62. The molecular weight excluding hydrogens is 453 g/mol. The largest absolute Gasteiger partial charge is 0.478 e. The number of nitriles is 1. The summed E-state index contributed by atoms with van der Waals surface area (Å²) in [6, 6.07) is 15.9. The number of para-hydroxylation sites is 1. The van der Waals surface area contributed by atoms with Gasteiger partial charge in [0, 0.05) is 5.56 Å². The summed E-state index contributed by atoms with van der Waals surface area (Å²) in [7, 11) is 0. The highest BCUT2D eigenvalue weighted by Crippen LogP contribution is 2.35. The van der Waals surface area contributed by atoms with E-state index < -0.39 is 11.9 Å². The Bertz CT molecular complexity index is 1440. The zero-order chi connectivity index (χ0) is 23.0. The molecule has 1 aromatic heterocycles. The van der Waals surface area contributed by atoms with Crippen molar-refractivity contribution in [2.45, 2.75) is 0 Å². The summed E-state index contributed by atoms with van der Waals surface area (Å²) in [6.45, 7) is 0. The SMILES string of the molecule is N#Cc1cc(C(N)=O)ccc1-n1c(Nc2c(Cl)cccc2Cl)nc2cc(C(=O)O)ccc21. The molecule has 0 unspecified atom stereocenters. The number of carboxylic acid groups (broad SMARTS) is 1. The fourth-order valence-corrected chi connectivity index (χ4v) is 3.74. The number of nitrogens with zero attached hydrogens (tertiary/aromatic N) is 3. The third-order valence-electron chi connectivity index (χ3n) is 4.74. The molecule has 3 aromatic carbocycles. The Morgan fingerprint density at radius 2 is 1.75 bits per heavy atom. The lowest BCUT2D eigenvalue weighted by molar-refractivity contribution is 0.0696. The van der Waals surface area contributed by atoms with Gasteiger partial charge in [0.25, 0.3) is 0 Å². The second-order valence-corrected chi connectivity index (χ2v) is 7.52. The fraction of sp³-hybridized carbons (Fsp3) is 0. The van der Waals surface area contributed by atoms with E-state index in [1.54, 1.807) is 34.9 Å². The first-order valence-corrected chi connectivity index (χ1v) is 9.87. The number of imidazole rings is 1. The maximum atomic E-state index is 11.6. The highest BCUT2D eigenvalue weighted by Gasteiger charge is 2.19. The third-order valence-corrected chi connectivity index (χ3v) is 5.37. The number of rotatable bonds is 5. The summed E-state index contributed by atoms with van der Waals surface area (Å²) >= 11 is 12.6. The first kappa shape index (κ1) is 21.2. The highest BCUT2D eigenvalue weighted by atomic mass is 35.5. The summed E-state index contributed by atoms with van der Waals surface area (Å²) in [4.78, 5) is 27.5. The molecule has 4 N–H and O–H groups in total. The maximum Gasteiger partial charge on any atom is 0.335 e. The van der Waals surface area contributed by atoms with Crippen LogP contribution < -0.4 is 11.1 Å². The van der Waals surface area contributed by atoms with E-state index in [0.29, 0.717) is 32.5 Å². The number of aromatic carboxylic acids is 1. The monoisotopic (exact) mass is 465 g/mol. The van der Waals surface area contributed by atoms with Gasteiger partial charge in [-0.05, 0) is 48.5 Å². The van der Waals surface area contributed by atoms with Crippen molar-refractivity contribution in [1.29, 1.82) is 5.26 Å². The van der Waals surface area contributed by atoms with Crippen LogP contribution in [0.3, 0.4) is 0 Å². The smallest absolute Gasteiger partial charge is 0.335 e. The van der Waals surface area contributed by atoms with E-state index in [0.717, 1.165) is 0 Å². The number of nitrogens with one attached hydrogen (secondary N) is 1. The van der Waals surface area contributed by atoms with Crippen molar-refractivity contribution in [2.24, 2.45) is 5.73 Å². The molecule has 0 radical (unpaired) electrons. The second kappa shape index (κ2) is 8.23. The van der Waals surface area contributed by atoms with Crippen molar-refractivity contribution in [3.63, 3.8) is 0 Å². The minimum atomic E-state index is -1.10. The van der Waals surface area contributed by atoms with Crippen molar-refractivity contribution in [3.8, 4) is 11.8 Å². The Balaban J connectivity index is 2.00. The van der Waals surface area contributed by atoms with Gasteiger partial charge in [0.1, 0.15) is 6.07 Å². The number of nitrogens with two attached hydrogens (primary N) is 1. The van der Waals surface area contributed by atoms with E-state index in [9.17, 15) is 20.0 Å². The van der Waals surface area contributed by atoms with Crippen molar-refractivity contribution in [2.75, 3.05) is 5.32 Å². The van der Waals surface area contributed by atoms with Gasteiger partial charge in [0.15, 0.2) is 0 Å². The number of benzene rings is 3. The number of fused-ring (bicyclic) bond motifs is 1. The molecule has 158 valence electrons. The number of carbonyl (C=O) groups is 2. The molecule has 1 amide bonds.